The average molecular weight is 493 g/mol. The van der Waals surface area contributed by atoms with Gasteiger partial charge in [-0.05, 0) is 55.8 Å². The molecule has 1 N–H and O–H groups in total. The molecule has 2 unspecified atom stereocenters. The van der Waals surface area contributed by atoms with Crippen LogP contribution in [0.25, 0.3) is 27.8 Å². The molecule has 3 aromatic carbocycles. The Bertz CT molecular complexity index is 1590. The van der Waals surface area contributed by atoms with Crippen LogP contribution in [0.2, 0.25) is 0 Å². The second-order valence-corrected chi connectivity index (χ2v) is 9.11. The number of anilines is 1. The van der Waals surface area contributed by atoms with Gasteiger partial charge in [-0.25, -0.2) is 9.07 Å². The van der Waals surface area contributed by atoms with Gasteiger partial charge in [-0.3, -0.25) is 9.78 Å². The van der Waals surface area contributed by atoms with E-state index in [-0.39, 0.29) is 23.5 Å². The van der Waals surface area contributed by atoms with Crippen LogP contribution in [-0.2, 0) is 4.79 Å². The second-order valence-electron chi connectivity index (χ2n) is 9.11. The Balaban J connectivity index is 1.32. The summed E-state index contributed by atoms with van der Waals surface area (Å²) in [5.41, 5.74) is 4.59. The molecule has 0 radical (unpaired) electrons. The molecule has 6 nitrogen and oxygen atoms in total. The van der Waals surface area contributed by atoms with Crippen molar-refractivity contribution in [2.24, 2.45) is 5.92 Å². The summed E-state index contributed by atoms with van der Waals surface area (Å²) in [6.07, 6.45) is 4.37. The molecule has 0 aliphatic heterocycles. The maximum Gasteiger partial charge on any atom is 0.228 e. The summed E-state index contributed by atoms with van der Waals surface area (Å²) in [5, 5.41) is 8.85. The highest BCUT2D eigenvalue weighted by Crippen LogP contribution is 2.51. The minimum Gasteiger partial charge on any atom is -0.491 e. The number of amides is 1. The number of para-hydroxylation sites is 2. The minimum atomic E-state index is -0.437. The molecule has 0 spiro atoms. The highest BCUT2D eigenvalue weighted by molar-refractivity contribution is 6.02. The zero-order chi connectivity index (χ0) is 25.4. The fourth-order valence-electron chi connectivity index (χ4n) is 4.78. The molecule has 2 atom stereocenters. The number of hydrogen-bond acceptors (Lipinski definition) is 4. The van der Waals surface area contributed by atoms with Crippen LogP contribution in [0.4, 0.5) is 10.1 Å². The fraction of sp³-hybridized carbons (Fsp3) is 0.167. The number of carbonyl (C=O) groups is 1. The van der Waals surface area contributed by atoms with E-state index in [2.05, 4.69) is 10.3 Å². The van der Waals surface area contributed by atoms with E-state index in [1.54, 1.807) is 16.9 Å². The van der Waals surface area contributed by atoms with Crippen LogP contribution in [0.3, 0.4) is 0 Å². The Morgan fingerprint density at radius 3 is 2.73 bits per heavy atom. The molecule has 5 aromatic rings. The van der Waals surface area contributed by atoms with Crippen molar-refractivity contribution in [3.63, 3.8) is 0 Å². The number of fused-ring (bicyclic) bond motifs is 1. The molecule has 2 aromatic heterocycles. The lowest BCUT2D eigenvalue weighted by Gasteiger charge is -2.08. The van der Waals surface area contributed by atoms with Crippen molar-refractivity contribution < 1.29 is 13.9 Å². The number of nitrogens with one attached hydrogen (secondary N) is 1. The van der Waals surface area contributed by atoms with E-state index in [9.17, 15) is 9.18 Å². The number of aromatic nitrogens is 3. The molecule has 7 heteroatoms. The Kier molecular flexibility index (Phi) is 5.88. The van der Waals surface area contributed by atoms with Gasteiger partial charge in [0.05, 0.1) is 29.2 Å². The highest BCUT2D eigenvalue weighted by atomic mass is 19.1. The maximum absolute atomic E-state index is 14.7. The van der Waals surface area contributed by atoms with Crippen LogP contribution < -0.4 is 10.1 Å². The van der Waals surface area contributed by atoms with Crippen molar-refractivity contribution in [1.82, 2.24) is 14.8 Å². The van der Waals surface area contributed by atoms with Crippen LogP contribution in [0.15, 0.2) is 91.3 Å². The zero-order valence-corrected chi connectivity index (χ0v) is 20.3. The van der Waals surface area contributed by atoms with Gasteiger partial charge in [-0.1, -0.05) is 36.4 Å². The van der Waals surface area contributed by atoms with Crippen molar-refractivity contribution in [3.8, 4) is 22.7 Å². The third-order valence-electron chi connectivity index (χ3n) is 6.69. The smallest absolute Gasteiger partial charge is 0.228 e. The number of pyridine rings is 1. The van der Waals surface area contributed by atoms with E-state index in [1.807, 2.05) is 79.9 Å². The molecule has 0 bridgehead atoms. The number of ether oxygens (including phenoxy) is 1. The minimum absolute atomic E-state index is 0.0231. The van der Waals surface area contributed by atoms with E-state index in [0.29, 0.717) is 30.0 Å². The summed E-state index contributed by atoms with van der Waals surface area (Å²) in [6.45, 7) is 2.20. The van der Waals surface area contributed by atoms with Gasteiger partial charge in [0.1, 0.15) is 0 Å². The topological polar surface area (TPSA) is 69.0 Å². The SMILES string of the molecule is CCOc1ccc(-c2nn(-c3ccccc3)cc2C2CC2C(=O)Nc2cccc3cccnc23)cc1F. The average Bonchev–Trinajstić information content (AvgIpc) is 3.61. The van der Waals surface area contributed by atoms with Gasteiger partial charge in [-0.2, -0.15) is 5.10 Å². The summed E-state index contributed by atoms with van der Waals surface area (Å²) >= 11 is 0. The largest absolute Gasteiger partial charge is 0.491 e. The summed E-state index contributed by atoms with van der Waals surface area (Å²) in [5.74, 6) is -0.515. The molecule has 1 fully saturated rings. The van der Waals surface area contributed by atoms with Crippen molar-refractivity contribution in [2.75, 3.05) is 11.9 Å². The van der Waals surface area contributed by atoms with Gasteiger partial charge < -0.3 is 10.1 Å². The highest BCUT2D eigenvalue weighted by Gasteiger charge is 2.46. The van der Waals surface area contributed by atoms with Gasteiger partial charge in [-0.15, -0.1) is 0 Å². The number of benzene rings is 3. The Hall–Kier alpha value is -4.52. The lowest BCUT2D eigenvalue weighted by Crippen LogP contribution is -2.15. The number of nitrogens with zero attached hydrogens (tertiary/aromatic N) is 3. The third kappa shape index (κ3) is 4.44. The third-order valence-corrected chi connectivity index (χ3v) is 6.69. The molecule has 1 saturated carbocycles. The second kappa shape index (κ2) is 9.50. The van der Waals surface area contributed by atoms with Crippen LogP contribution in [0.1, 0.15) is 24.8 Å². The van der Waals surface area contributed by atoms with E-state index >= 15 is 0 Å². The first-order valence-electron chi connectivity index (χ1n) is 12.3. The first-order valence-corrected chi connectivity index (χ1v) is 12.3. The molecule has 0 saturated heterocycles. The molecule has 1 aliphatic carbocycles. The first-order chi connectivity index (χ1) is 18.1. The Morgan fingerprint density at radius 1 is 1.08 bits per heavy atom. The van der Waals surface area contributed by atoms with Gasteiger partial charge in [0, 0.05) is 40.7 Å². The lowest BCUT2D eigenvalue weighted by molar-refractivity contribution is -0.117. The molecule has 1 amide bonds. The van der Waals surface area contributed by atoms with Crippen molar-refractivity contribution in [3.05, 3.63) is 103 Å². The summed E-state index contributed by atoms with van der Waals surface area (Å²) in [6, 6.07) is 24.2. The van der Waals surface area contributed by atoms with Crippen LogP contribution in [-0.4, -0.2) is 27.3 Å². The Labute approximate surface area is 213 Å². The standard InChI is InChI=1S/C30H25FN4O2/c1-2-37-27-14-13-20(16-25(27)31)28-24(18-35(34-28)21-10-4-3-5-11-21)22-17-23(22)30(36)33-26-12-6-8-19-9-7-15-32-29(19)26/h3-16,18,22-23H,2,17H2,1H3,(H,33,36). The maximum atomic E-state index is 14.7. The van der Waals surface area contributed by atoms with Gasteiger partial charge >= 0.3 is 0 Å². The monoisotopic (exact) mass is 492 g/mol. The van der Waals surface area contributed by atoms with Crippen LogP contribution in [0, 0.1) is 11.7 Å². The lowest BCUT2D eigenvalue weighted by atomic mass is 10.0. The molecule has 184 valence electrons. The molecular weight excluding hydrogens is 467 g/mol. The van der Waals surface area contributed by atoms with Crippen molar-refractivity contribution >= 4 is 22.5 Å². The van der Waals surface area contributed by atoms with Crippen molar-refractivity contribution in [1.29, 1.82) is 0 Å². The molecule has 6 rings (SSSR count). The fourth-order valence-corrected chi connectivity index (χ4v) is 4.78. The first kappa shape index (κ1) is 22.9. The summed E-state index contributed by atoms with van der Waals surface area (Å²) in [4.78, 5) is 17.7. The zero-order valence-electron chi connectivity index (χ0n) is 20.3. The van der Waals surface area contributed by atoms with E-state index in [4.69, 9.17) is 9.84 Å². The van der Waals surface area contributed by atoms with Crippen LogP contribution in [0.5, 0.6) is 5.75 Å². The quantitative estimate of drug-likeness (QED) is 0.287. The summed E-state index contributed by atoms with van der Waals surface area (Å²) < 4.78 is 21.9. The predicted molar refractivity (Wildman–Crippen MR) is 141 cm³/mol. The number of rotatable bonds is 7. The van der Waals surface area contributed by atoms with Gasteiger partial charge in [0.2, 0.25) is 5.91 Å². The molecule has 37 heavy (non-hydrogen) atoms. The van der Waals surface area contributed by atoms with E-state index < -0.39 is 5.82 Å². The number of carbonyl (C=O) groups excluding carboxylic acids is 1. The Morgan fingerprint density at radius 2 is 1.92 bits per heavy atom. The van der Waals surface area contributed by atoms with E-state index in [0.717, 1.165) is 22.2 Å². The summed E-state index contributed by atoms with van der Waals surface area (Å²) in [7, 11) is 0. The van der Waals surface area contributed by atoms with Crippen molar-refractivity contribution in [2.45, 2.75) is 19.3 Å². The van der Waals surface area contributed by atoms with Gasteiger partial charge in [0.25, 0.3) is 0 Å². The predicted octanol–water partition coefficient (Wildman–Crippen LogP) is 6.37. The van der Waals surface area contributed by atoms with E-state index in [1.165, 1.54) is 6.07 Å². The van der Waals surface area contributed by atoms with Crippen LogP contribution >= 0.6 is 0 Å². The van der Waals surface area contributed by atoms with Gasteiger partial charge in [0.15, 0.2) is 11.6 Å². The number of halogens is 1. The molecular formula is C30H25FN4O2. The number of hydrogen-bond donors (Lipinski definition) is 1. The molecule has 1 aliphatic rings. The normalized spacial score (nSPS) is 16.5. The molecule has 2 heterocycles.